The Labute approximate surface area is 149 Å². The summed E-state index contributed by atoms with van der Waals surface area (Å²) in [5.41, 5.74) is 0.381. The molecule has 0 spiro atoms. The number of carbonyl (C=O) groups is 1. The molecule has 0 fully saturated rings. The van der Waals surface area contributed by atoms with Gasteiger partial charge in [0.05, 0.1) is 18.2 Å². The van der Waals surface area contributed by atoms with Crippen molar-refractivity contribution in [1.29, 1.82) is 0 Å². The third-order valence-corrected chi connectivity index (χ3v) is 4.22. The molecule has 3 rings (SSSR count). The van der Waals surface area contributed by atoms with Gasteiger partial charge in [-0.2, -0.15) is 0 Å². The molecule has 1 atom stereocenters. The van der Waals surface area contributed by atoms with E-state index in [1.54, 1.807) is 25.3 Å². The SMILES string of the molecule is COc1ccc([C@H](C)NC(=O)c2cc3cccc(Cl)c3oc2=O)cc1. The van der Waals surface area contributed by atoms with Gasteiger partial charge < -0.3 is 14.5 Å². The van der Waals surface area contributed by atoms with Gasteiger partial charge in [-0.1, -0.05) is 35.9 Å². The van der Waals surface area contributed by atoms with Gasteiger partial charge >= 0.3 is 5.63 Å². The van der Waals surface area contributed by atoms with Gasteiger partial charge in [-0.15, -0.1) is 0 Å². The summed E-state index contributed by atoms with van der Waals surface area (Å²) in [6, 6.07) is 13.6. The smallest absolute Gasteiger partial charge is 0.349 e. The normalized spacial score (nSPS) is 12.0. The molecule has 0 saturated carbocycles. The fourth-order valence-corrected chi connectivity index (χ4v) is 2.74. The van der Waals surface area contributed by atoms with Gasteiger partial charge in [0.2, 0.25) is 0 Å². The molecule has 0 unspecified atom stereocenters. The zero-order valence-electron chi connectivity index (χ0n) is 13.7. The highest BCUT2D eigenvalue weighted by molar-refractivity contribution is 6.34. The van der Waals surface area contributed by atoms with E-state index in [0.29, 0.717) is 10.4 Å². The molecule has 3 aromatic rings. The van der Waals surface area contributed by atoms with Gasteiger partial charge in [0.1, 0.15) is 11.3 Å². The maximum atomic E-state index is 12.5. The molecule has 25 heavy (non-hydrogen) atoms. The van der Waals surface area contributed by atoms with Gasteiger partial charge in [0, 0.05) is 5.39 Å². The van der Waals surface area contributed by atoms with E-state index < -0.39 is 11.5 Å². The van der Waals surface area contributed by atoms with Crippen molar-refractivity contribution in [3.63, 3.8) is 0 Å². The number of hydrogen-bond donors (Lipinski definition) is 1. The quantitative estimate of drug-likeness (QED) is 0.718. The summed E-state index contributed by atoms with van der Waals surface area (Å²) in [5, 5.41) is 3.72. The van der Waals surface area contributed by atoms with Crippen LogP contribution in [0.4, 0.5) is 0 Å². The summed E-state index contributed by atoms with van der Waals surface area (Å²) < 4.78 is 10.3. The van der Waals surface area contributed by atoms with Crippen LogP contribution in [-0.2, 0) is 0 Å². The van der Waals surface area contributed by atoms with E-state index in [0.717, 1.165) is 11.3 Å². The average Bonchev–Trinajstić information content (AvgIpc) is 2.62. The fourth-order valence-electron chi connectivity index (χ4n) is 2.52. The molecular formula is C19H16ClNO4. The molecule has 1 N–H and O–H groups in total. The van der Waals surface area contributed by atoms with Gasteiger partial charge in [-0.05, 0) is 36.8 Å². The number of halogens is 1. The van der Waals surface area contributed by atoms with Crippen LogP contribution in [0.15, 0.2) is 57.7 Å². The Kier molecular flexibility index (Phi) is 4.76. The lowest BCUT2D eigenvalue weighted by Crippen LogP contribution is -2.30. The molecule has 2 aromatic carbocycles. The Morgan fingerprint density at radius 3 is 2.60 bits per heavy atom. The van der Waals surface area contributed by atoms with E-state index in [1.807, 2.05) is 31.2 Å². The van der Waals surface area contributed by atoms with Crippen LogP contribution in [0.1, 0.15) is 28.9 Å². The van der Waals surface area contributed by atoms with Crippen LogP contribution in [0, 0.1) is 0 Å². The maximum absolute atomic E-state index is 12.5. The van der Waals surface area contributed by atoms with Crippen molar-refractivity contribution >= 4 is 28.5 Å². The van der Waals surface area contributed by atoms with Crippen molar-refractivity contribution in [2.45, 2.75) is 13.0 Å². The summed E-state index contributed by atoms with van der Waals surface area (Å²) in [6.45, 7) is 1.83. The van der Waals surface area contributed by atoms with Crippen LogP contribution in [0.25, 0.3) is 11.0 Å². The summed E-state index contributed by atoms with van der Waals surface area (Å²) in [4.78, 5) is 24.6. The fraction of sp³-hybridized carbons (Fsp3) is 0.158. The highest BCUT2D eigenvalue weighted by Gasteiger charge is 2.17. The van der Waals surface area contributed by atoms with E-state index in [4.69, 9.17) is 20.8 Å². The Bertz CT molecular complexity index is 979. The lowest BCUT2D eigenvalue weighted by molar-refractivity contribution is 0.0936. The molecule has 0 aliphatic heterocycles. The van der Waals surface area contributed by atoms with Crippen molar-refractivity contribution in [3.05, 3.63) is 75.1 Å². The second-order valence-corrected chi connectivity index (χ2v) is 5.98. The summed E-state index contributed by atoms with van der Waals surface area (Å²) in [6.07, 6.45) is 0. The van der Waals surface area contributed by atoms with E-state index in [-0.39, 0.29) is 17.2 Å². The van der Waals surface area contributed by atoms with Crippen molar-refractivity contribution in [2.24, 2.45) is 0 Å². The molecule has 0 bridgehead atoms. The van der Waals surface area contributed by atoms with Crippen molar-refractivity contribution in [1.82, 2.24) is 5.32 Å². The molecule has 128 valence electrons. The van der Waals surface area contributed by atoms with Crippen molar-refractivity contribution < 1.29 is 13.9 Å². The Morgan fingerprint density at radius 1 is 1.20 bits per heavy atom. The number of para-hydroxylation sites is 1. The number of carbonyl (C=O) groups excluding carboxylic acids is 1. The van der Waals surface area contributed by atoms with E-state index in [9.17, 15) is 9.59 Å². The molecule has 0 aliphatic rings. The number of benzene rings is 2. The van der Waals surface area contributed by atoms with Gasteiger partial charge in [-0.3, -0.25) is 4.79 Å². The Hall–Kier alpha value is -2.79. The second-order valence-electron chi connectivity index (χ2n) is 5.57. The largest absolute Gasteiger partial charge is 0.497 e. The lowest BCUT2D eigenvalue weighted by Gasteiger charge is -2.14. The first-order chi connectivity index (χ1) is 12.0. The van der Waals surface area contributed by atoms with Crippen LogP contribution < -0.4 is 15.7 Å². The number of methoxy groups -OCH3 is 1. The number of fused-ring (bicyclic) bond motifs is 1. The second kappa shape index (κ2) is 6.99. The van der Waals surface area contributed by atoms with Crippen LogP contribution in [0.2, 0.25) is 5.02 Å². The third kappa shape index (κ3) is 3.51. The first-order valence-corrected chi connectivity index (χ1v) is 8.04. The number of nitrogens with one attached hydrogen (secondary N) is 1. The maximum Gasteiger partial charge on any atom is 0.349 e. The standard InChI is InChI=1S/C19H16ClNO4/c1-11(12-6-8-14(24-2)9-7-12)21-18(22)15-10-13-4-3-5-16(20)17(13)25-19(15)23/h3-11H,1-2H3,(H,21,22)/t11-/m0/s1. The first-order valence-electron chi connectivity index (χ1n) is 7.67. The summed E-state index contributed by atoms with van der Waals surface area (Å²) >= 11 is 6.01. The molecule has 0 saturated heterocycles. The van der Waals surface area contributed by atoms with E-state index in [2.05, 4.69) is 5.32 Å². The molecule has 0 aliphatic carbocycles. The van der Waals surface area contributed by atoms with Gasteiger partial charge in [-0.25, -0.2) is 4.79 Å². The average molecular weight is 358 g/mol. The molecule has 1 heterocycles. The minimum Gasteiger partial charge on any atom is -0.497 e. The molecule has 0 radical (unpaired) electrons. The minimum absolute atomic E-state index is 0.0601. The topological polar surface area (TPSA) is 68.5 Å². The van der Waals surface area contributed by atoms with Gasteiger partial charge in [0.25, 0.3) is 5.91 Å². The predicted molar refractivity (Wildman–Crippen MR) is 96.4 cm³/mol. The Morgan fingerprint density at radius 2 is 1.92 bits per heavy atom. The molecule has 1 aromatic heterocycles. The third-order valence-electron chi connectivity index (χ3n) is 3.92. The van der Waals surface area contributed by atoms with Gasteiger partial charge in [0.15, 0.2) is 5.58 Å². The van der Waals surface area contributed by atoms with Crippen LogP contribution in [0.3, 0.4) is 0 Å². The van der Waals surface area contributed by atoms with Crippen molar-refractivity contribution in [2.75, 3.05) is 7.11 Å². The van der Waals surface area contributed by atoms with Crippen LogP contribution >= 0.6 is 11.6 Å². The zero-order valence-corrected chi connectivity index (χ0v) is 14.5. The monoisotopic (exact) mass is 357 g/mol. The molecule has 6 heteroatoms. The van der Waals surface area contributed by atoms with Crippen molar-refractivity contribution in [3.8, 4) is 5.75 Å². The number of amides is 1. The first kappa shape index (κ1) is 17.0. The molecule has 5 nitrogen and oxygen atoms in total. The van der Waals surface area contributed by atoms with E-state index >= 15 is 0 Å². The summed E-state index contributed by atoms with van der Waals surface area (Å²) in [5.74, 6) is 0.230. The Balaban J connectivity index is 1.86. The highest BCUT2D eigenvalue weighted by atomic mass is 35.5. The highest BCUT2D eigenvalue weighted by Crippen LogP contribution is 2.23. The number of hydrogen-bond acceptors (Lipinski definition) is 4. The molecular weight excluding hydrogens is 342 g/mol. The van der Waals surface area contributed by atoms with E-state index in [1.165, 1.54) is 6.07 Å². The minimum atomic E-state index is -0.722. The predicted octanol–water partition coefficient (Wildman–Crippen LogP) is 3.95. The van der Waals surface area contributed by atoms with Crippen LogP contribution in [0.5, 0.6) is 5.75 Å². The van der Waals surface area contributed by atoms with Crippen LogP contribution in [-0.4, -0.2) is 13.0 Å². The summed E-state index contributed by atoms with van der Waals surface area (Å²) in [7, 11) is 1.59. The lowest BCUT2D eigenvalue weighted by atomic mass is 10.1. The number of rotatable bonds is 4. The molecule has 1 amide bonds. The number of ether oxygens (including phenoxy) is 1. The zero-order chi connectivity index (χ0) is 18.0.